The monoisotopic (exact) mass is 735 g/mol. The molecule has 4 rings (SSSR count). The molecule has 12 nitrogen and oxygen atoms in total. The van der Waals surface area contributed by atoms with Gasteiger partial charge in [0, 0.05) is 6.42 Å². The number of hydrogen-bond acceptors (Lipinski definition) is 11. The first-order valence-electron chi connectivity index (χ1n) is 17.7. The lowest BCUT2D eigenvalue weighted by Gasteiger charge is -2.45. The molecule has 1 unspecified atom stereocenters. The number of esters is 1. The van der Waals surface area contributed by atoms with E-state index in [4.69, 9.17) is 33.2 Å². The molecule has 0 aliphatic carbocycles. The maximum Gasteiger partial charge on any atom is 0.420 e. The van der Waals surface area contributed by atoms with Crippen molar-refractivity contribution in [1.29, 1.82) is 0 Å². The van der Waals surface area contributed by atoms with E-state index >= 15 is 0 Å². The highest BCUT2D eigenvalue weighted by molar-refractivity contribution is 5.94. The minimum atomic E-state index is -1.62. The normalized spacial score (nSPS) is 20.9. The van der Waals surface area contributed by atoms with Gasteiger partial charge < -0.3 is 38.3 Å². The molecule has 3 aromatic rings. The quantitative estimate of drug-likeness (QED) is 0.141. The van der Waals surface area contributed by atoms with Crippen LogP contribution >= 0.6 is 0 Å². The summed E-state index contributed by atoms with van der Waals surface area (Å²) in [4.78, 5) is 41.4. The Hall–Kier alpha value is -4.33. The lowest BCUT2D eigenvalue weighted by molar-refractivity contribution is -0.263. The van der Waals surface area contributed by atoms with Gasteiger partial charge in [0.15, 0.2) is 0 Å². The number of aliphatic hydroxyl groups excluding tert-OH is 1. The predicted molar refractivity (Wildman–Crippen MR) is 196 cm³/mol. The molecule has 1 N–H and O–H groups in total. The summed E-state index contributed by atoms with van der Waals surface area (Å²) in [6, 6.07) is 27.0. The Morgan fingerprint density at radius 3 is 1.55 bits per heavy atom. The summed E-state index contributed by atoms with van der Waals surface area (Å²) in [6.45, 7) is 10.4. The van der Waals surface area contributed by atoms with Crippen LogP contribution in [-0.2, 0) is 57.8 Å². The summed E-state index contributed by atoms with van der Waals surface area (Å²) in [6.07, 6.45) is -7.91. The number of benzene rings is 3. The molecule has 12 heteroatoms. The molecule has 0 bridgehead atoms. The minimum absolute atomic E-state index is 0.0213. The van der Waals surface area contributed by atoms with Gasteiger partial charge in [0.05, 0.1) is 39.6 Å². The lowest BCUT2D eigenvalue weighted by atomic mass is 9.90. The van der Waals surface area contributed by atoms with Crippen molar-refractivity contribution >= 4 is 18.2 Å². The Labute approximate surface area is 312 Å². The highest BCUT2D eigenvalue weighted by atomic mass is 16.6. The summed E-state index contributed by atoms with van der Waals surface area (Å²) in [5, 5.41) is 12.1. The van der Waals surface area contributed by atoms with Gasteiger partial charge in [0.2, 0.25) is 0 Å². The minimum Gasteiger partial charge on any atom is -0.467 e. The van der Waals surface area contributed by atoms with E-state index in [0.29, 0.717) is 4.90 Å². The van der Waals surface area contributed by atoms with Crippen molar-refractivity contribution in [2.45, 2.75) is 116 Å². The molecule has 0 aromatic heterocycles. The Morgan fingerprint density at radius 1 is 0.679 bits per heavy atom. The fourth-order valence-corrected chi connectivity index (χ4v) is 5.74. The smallest absolute Gasteiger partial charge is 0.420 e. The van der Waals surface area contributed by atoms with Crippen LogP contribution in [0.5, 0.6) is 0 Å². The van der Waals surface area contributed by atoms with Gasteiger partial charge >= 0.3 is 18.2 Å². The summed E-state index contributed by atoms with van der Waals surface area (Å²) < 4.78 is 41.8. The summed E-state index contributed by atoms with van der Waals surface area (Å²) >= 11 is 0. The van der Waals surface area contributed by atoms with Gasteiger partial charge in [0.25, 0.3) is 0 Å². The Morgan fingerprint density at radius 2 is 1.11 bits per heavy atom. The zero-order valence-corrected chi connectivity index (χ0v) is 31.6. The second-order valence-corrected chi connectivity index (χ2v) is 14.8. The first-order valence-corrected chi connectivity index (χ1v) is 17.7. The zero-order chi connectivity index (χ0) is 38.6. The van der Waals surface area contributed by atoms with Crippen LogP contribution in [0.4, 0.5) is 9.59 Å². The molecule has 1 saturated heterocycles. The number of carbonyl (C=O) groups excluding carboxylic acids is 3. The van der Waals surface area contributed by atoms with Crippen LogP contribution in [0.3, 0.4) is 0 Å². The van der Waals surface area contributed by atoms with Gasteiger partial charge in [-0.2, -0.15) is 4.90 Å². The largest absolute Gasteiger partial charge is 0.467 e. The highest BCUT2D eigenvalue weighted by Crippen LogP contribution is 2.32. The third-order valence-corrected chi connectivity index (χ3v) is 8.14. The zero-order valence-electron chi connectivity index (χ0n) is 31.6. The molecule has 1 fully saturated rings. The van der Waals surface area contributed by atoms with Gasteiger partial charge in [-0.1, -0.05) is 91.0 Å². The number of aliphatic hydroxyl groups is 1. The van der Waals surface area contributed by atoms with Crippen molar-refractivity contribution in [2.75, 3.05) is 13.7 Å². The average molecular weight is 736 g/mol. The SMILES string of the molecule is COC(=O)C(C[C@H]1O[C@H](COCc2ccccc2)[C@@H](OCc2ccccc2)[C@H](OCc2ccccc2)[C@H]1O)N(C(=O)OC(C)(C)C)C(=O)OC(C)(C)C. The molecule has 0 radical (unpaired) electrons. The van der Waals surface area contributed by atoms with E-state index in [-0.39, 0.29) is 26.4 Å². The third-order valence-electron chi connectivity index (χ3n) is 8.14. The van der Waals surface area contributed by atoms with E-state index in [9.17, 15) is 19.5 Å². The molecule has 1 aliphatic heterocycles. The molecular weight excluding hydrogens is 682 g/mol. The molecule has 1 heterocycles. The third kappa shape index (κ3) is 12.9. The molecule has 0 saturated carbocycles. The number of methoxy groups -OCH3 is 1. The van der Waals surface area contributed by atoms with Crippen LogP contribution in [0.25, 0.3) is 0 Å². The lowest BCUT2D eigenvalue weighted by Crippen LogP contribution is -2.62. The number of carbonyl (C=O) groups is 3. The Kier molecular flexibility index (Phi) is 15.0. The molecule has 1 aliphatic rings. The van der Waals surface area contributed by atoms with Crippen molar-refractivity contribution in [2.24, 2.45) is 0 Å². The summed E-state index contributed by atoms with van der Waals surface area (Å²) in [7, 11) is 1.13. The number of rotatable bonds is 14. The van der Waals surface area contributed by atoms with Gasteiger partial charge in [-0.15, -0.1) is 0 Å². The van der Waals surface area contributed by atoms with E-state index in [2.05, 4.69) is 0 Å². The Bertz CT molecular complexity index is 1550. The molecule has 6 atom stereocenters. The van der Waals surface area contributed by atoms with E-state index < -0.39 is 72.3 Å². The van der Waals surface area contributed by atoms with E-state index in [1.807, 2.05) is 91.0 Å². The summed E-state index contributed by atoms with van der Waals surface area (Å²) in [5.74, 6) is -0.946. The van der Waals surface area contributed by atoms with Crippen LogP contribution in [-0.4, -0.2) is 89.6 Å². The van der Waals surface area contributed by atoms with Crippen molar-refractivity contribution in [3.63, 3.8) is 0 Å². The van der Waals surface area contributed by atoms with Crippen LogP contribution in [0.2, 0.25) is 0 Å². The van der Waals surface area contributed by atoms with Gasteiger partial charge in [0.1, 0.15) is 41.7 Å². The maximum absolute atomic E-state index is 13.6. The van der Waals surface area contributed by atoms with Crippen LogP contribution in [0.1, 0.15) is 64.7 Å². The number of ether oxygens (including phenoxy) is 7. The van der Waals surface area contributed by atoms with Crippen molar-refractivity contribution in [3.8, 4) is 0 Å². The molecule has 3 aromatic carbocycles. The fourth-order valence-electron chi connectivity index (χ4n) is 5.74. The van der Waals surface area contributed by atoms with Crippen molar-refractivity contribution in [3.05, 3.63) is 108 Å². The van der Waals surface area contributed by atoms with Crippen molar-refractivity contribution in [1.82, 2.24) is 4.90 Å². The summed E-state index contributed by atoms with van der Waals surface area (Å²) in [5.41, 5.74) is 0.634. The maximum atomic E-state index is 13.6. The molecule has 2 amide bonds. The van der Waals surface area contributed by atoms with Gasteiger partial charge in [-0.3, -0.25) is 0 Å². The van der Waals surface area contributed by atoms with E-state index in [0.717, 1.165) is 23.8 Å². The van der Waals surface area contributed by atoms with E-state index in [1.165, 1.54) is 0 Å². The second kappa shape index (κ2) is 19.1. The number of hydrogen-bond donors (Lipinski definition) is 1. The highest BCUT2D eigenvalue weighted by Gasteiger charge is 2.50. The topological polar surface area (TPSA) is 139 Å². The van der Waals surface area contributed by atoms with Gasteiger partial charge in [-0.25, -0.2) is 14.4 Å². The first kappa shape index (κ1) is 41.4. The predicted octanol–water partition coefficient (Wildman–Crippen LogP) is 6.61. The number of imide groups is 1. The van der Waals surface area contributed by atoms with Crippen molar-refractivity contribution < 1.29 is 52.6 Å². The second-order valence-electron chi connectivity index (χ2n) is 14.8. The van der Waals surface area contributed by atoms with Gasteiger partial charge in [-0.05, 0) is 58.2 Å². The number of nitrogens with zero attached hydrogens (tertiary/aromatic N) is 1. The molecular formula is C41H53NO11. The molecule has 0 spiro atoms. The van der Waals surface area contributed by atoms with Crippen LogP contribution in [0, 0.1) is 0 Å². The van der Waals surface area contributed by atoms with Crippen LogP contribution in [0.15, 0.2) is 91.0 Å². The first-order chi connectivity index (χ1) is 25.1. The Balaban J connectivity index is 1.71. The molecule has 288 valence electrons. The molecule has 53 heavy (non-hydrogen) atoms. The van der Waals surface area contributed by atoms with E-state index in [1.54, 1.807) is 41.5 Å². The standard InChI is InChI=1S/C41H53NO11/c1-40(2,3)52-38(45)42(39(46)53-41(4,5)6)31(37(44)47-7)23-32-34(43)36(50-26-30-21-15-10-16-22-30)35(49-25-29-19-13-9-14-20-29)33(51-32)27-48-24-28-17-11-8-12-18-28/h8-22,31-36,43H,23-27H2,1-7H3/t31?,32-,33-,34+,35-,36-/m1/s1. The van der Waals surface area contributed by atoms with Crippen LogP contribution < -0.4 is 0 Å². The average Bonchev–Trinajstić information content (AvgIpc) is 3.10. The fraction of sp³-hybridized carbons (Fsp3) is 0.488. The number of amides is 2.